The smallest absolute Gasteiger partial charge is 0.187 e. The number of nitrogens with one attached hydrogen (secondary N) is 2. The summed E-state index contributed by atoms with van der Waals surface area (Å²) in [4.78, 5) is 4.59. The zero-order chi connectivity index (χ0) is 15.2. The molecule has 0 aliphatic carbocycles. The van der Waals surface area contributed by atoms with Crippen molar-refractivity contribution in [2.24, 2.45) is 0 Å². The molecule has 0 radical (unpaired) electrons. The van der Waals surface area contributed by atoms with Gasteiger partial charge in [0.1, 0.15) is 0 Å². The second-order valence-corrected chi connectivity index (χ2v) is 5.41. The minimum absolute atomic E-state index is 0.257. The second kappa shape index (κ2) is 7.28. The molecular weight excluding hydrogens is 286 g/mol. The van der Waals surface area contributed by atoms with Crippen LogP contribution in [0.5, 0.6) is 11.5 Å². The lowest BCUT2D eigenvalue weighted by molar-refractivity contribution is 0.355. The SMILES string of the molecule is CCNC(C)c1csc(Nc2ccc(OC)c(OC)c2)n1. The highest BCUT2D eigenvalue weighted by atomic mass is 32.1. The molecule has 5 nitrogen and oxygen atoms in total. The molecular formula is C15H21N3O2S. The fraction of sp³-hybridized carbons (Fsp3) is 0.400. The lowest BCUT2D eigenvalue weighted by Crippen LogP contribution is -2.17. The van der Waals surface area contributed by atoms with Crippen LogP contribution in [0.15, 0.2) is 23.6 Å². The predicted octanol–water partition coefficient (Wildman–Crippen LogP) is 3.57. The van der Waals surface area contributed by atoms with Crippen molar-refractivity contribution in [1.82, 2.24) is 10.3 Å². The Bertz CT molecular complexity index is 586. The highest BCUT2D eigenvalue weighted by Gasteiger charge is 2.10. The number of methoxy groups -OCH3 is 2. The average Bonchev–Trinajstić information content (AvgIpc) is 2.96. The lowest BCUT2D eigenvalue weighted by Gasteiger charge is -2.10. The minimum Gasteiger partial charge on any atom is -0.493 e. The zero-order valence-corrected chi connectivity index (χ0v) is 13.6. The molecule has 1 atom stereocenters. The molecule has 114 valence electrons. The number of benzene rings is 1. The van der Waals surface area contributed by atoms with Gasteiger partial charge in [0.15, 0.2) is 16.6 Å². The van der Waals surface area contributed by atoms with Gasteiger partial charge in [0.2, 0.25) is 0 Å². The van der Waals surface area contributed by atoms with Crippen molar-refractivity contribution in [3.63, 3.8) is 0 Å². The first-order valence-corrected chi connectivity index (χ1v) is 7.73. The summed E-state index contributed by atoms with van der Waals surface area (Å²) in [5.41, 5.74) is 1.97. The summed E-state index contributed by atoms with van der Waals surface area (Å²) in [6.45, 7) is 5.13. The molecule has 21 heavy (non-hydrogen) atoms. The Balaban J connectivity index is 2.11. The topological polar surface area (TPSA) is 55.4 Å². The van der Waals surface area contributed by atoms with Gasteiger partial charge in [-0.3, -0.25) is 0 Å². The van der Waals surface area contributed by atoms with Crippen molar-refractivity contribution >= 4 is 22.2 Å². The molecule has 0 fully saturated rings. The number of thiazole rings is 1. The van der Waals surface area contributed by atoms with E-state index in [-0.39, 0.29) is 6.04 Å². The van der Waals surface area contributed by atoms with E-state index in [0.29, 0.717) is 11.5 Å². The first-order chi connectivity index (χ1) is 10.2. The van der Waals surface area contributed by atoms with Gasteiger partial charge in [-0.1, -0.05) is 6.92 Å². The fourth-order valence-corrected chi connectivity index (χ4v) is 2.81. The van der Waals surface area contributed by atoms with Crippen LogP contribution in [-0.4, -0.2) is 25.7 Å². The largest absolute Gasteiger partial charge is 0.493 e. The molecule has 0 bridgehead atoms. The molecule has 0 spiro atoms. The molecule has 1 aromatic carbocycles. The van der Waals surface area contributed by atoms with E-state index < -0.39 is 0 Å². The van der Waals surface area contributed by atoms with Crippen molar-refractivity contribution in [3.05, 3.63) is 29.3 Å². The number of hydrogen-bond acceptors (Lipinski definition) is 6. The summed E-state index contributed by atoms with van der Waals surface area (Å²) in [5, 5.41) is 9.57. The van der Waals surface area contributed by atoms with Crippen molar-refractivity contribution in [2.45, 2.75) is 19.9 Å². The number of aromatic nitrogens is 1. The van der Waals surface area contributed by atoms with Crippen LogP contribution in [0.25, 0.3) is 0 Å². The molecule has 1 unspecified atom stereocenters. The van der Waals surface area contributed by atoms with E-state index in [1.165, 1.54) is 0 Å². The lowest BCUT2D eigenvalue weighted by atomic mass is 10.2. The highest BCUT2D eigenvalue weighted by molar-refractivity contribution is 7.13. The summed E-state index contributed by atoms with van der Waals surface area (Å²) in [7, 11) is 3.25. The molecule has 0 aliphatic rings. The Morgan fingerprint density at radius 1 is 1.24 bits per heavy atom. The Kier molecular flexibility index (Phi) is 5.41. The summed E-state index contributed by atoms with van der Waals surface area (Å²) >= 11 is 1.59. The van der Waals surface area contributed by atoms with Crippen LogP contribution < -0.4 is 20.1 Å². The molecule has 2 rings (SSSR count). The predicted molar refractivity (Wildman–Crippen MR) is 87.0 cm³/mol. The third-order valence-corrected chi connectivity index (χ3v) is 3.89. The first kappa shape index (κ1) is 15.6. The molecule has 0 aliphatic heterocycles. The van der Waals surface area contributed by atoms with Gasteiger partial charge in [-0.2, -0.15) is 0 Å². The van der Waals surface area contributed by atoms with Gasteiger partial charge in [0.25, 0.3) is 0 Å². The van der Waals surface area contributed by atoms with E-state index in [1.54, 1.807) is 25.6 Å². The Morgan fingerprint density at radius 3 is 2.67 bits per heavy atom. The summed E-state index contributed by atoms with van der Waals surface area (Å²) < 4.78 is 10.5. The summed E-state index contributed by atoms with van der Waals surface area (Å²) in [6.07, 6.45) is 0. The number of nitrogens with zero attached hydrogens (tertiary/aromatic N) is 1. The average molecular weight is 307 g/mol. The minimum atomic E-state index is 0.257. The van der Waals surface area contributed by atoms with E-state index in [1.807, 2.05) is 18.2 Å². The maximum atomic E-state index is 5.30. The quantitative estimate of drug-likeness (QED) is 0.819. The van der Waals surface area contributed by atoms with E-state index in [2.05, 4.69) is 34.8 Å². The van der Waals surface area contributed by atoms with E-state index in [0.717, 1.165) is 23.1 Å². The Hall–Kier alpha value is -1.79. The molecule has 0 amide bonds. The van der Waals surface area contributed by atoms with Gasteiger partial charge in [-0.15, -0.1) is 11.3 Å². The van der Waals surface area contributed by atoms with Crippen LogP contribution in [0.4, 0.5) is 10.8 Å². The third kappa shape index (κ3) is 3.86. The number of anilines is 2. The van der Waals surface area contributed by atoms with Crippen LogP contribution in [0, 0.1) is 0 Å². The molecule has 0 saturated carbocycles. The van der Waals surface area contributed by atoms with Crippen LogP contribution >= 0.6 is 11.3 Å². The first-order valence-electron chi connectivity index (χ1n) is 6.85. The van der Waals surface area contributed by atoms with Crippen LogP contribution in [-0.2, 0) is 0 Å². The molecule has 6 heteroatoms. The summed E-state index contributed by atoms with van der Waals surface area (Å²) in [5.74, 6) is 1.41. The van der Waals surface area contributed by atoms with Gasteiger partial charge >= 0.3 is 0 Å². The van der Waals surface area contributed by atoms with Gasteiger partial charge in [0, 0.05) is 23.2 Å². The Morgan fingerprint density at radius 2 is 2.00 bits per heavy atom. The van der Waals surface area contributed by atoms with E-state index in [4.69, 9.17) is 9.47 Å². The zero-order valence-electron chi connectivity index (χ0n) is 12.8. The fourth-order valence-electron chi connectivity index (χ4n) is 1.99. The number of hydrogen-bond donors (Lipinski definition) is 2. The van der Waals surface area contributed by atoms with E-state index >= 15 is 0 Å². The molecule has 1 aromatic heterocycles. The maximum absolute atomic E-state index is 5.30. The van der Waals surface area contributed by atoms with Gasteiger partial charge < -0.3 is 20.1 Å². The van der Waals surface area contributed by atoms with Crippen molar-refractivity contribution in [3.8, 4) is 11.5 Å². The van der Waals surface area contributed by atoms with Gasteiger partial charge in [-0.05, 0) is 25.6 Å². The molecule has 2 N–H and O–H groups in total. The van der Waals surface area contributed by atoms with Gasteiger partial charge in [0.05, 0.1) is 19.9 Å². The molecule has 1 heterocycles. The second-order valence-electron chi connectivity index (χ2n) is 4.55. The number of rotatable bonds is 7. The normalized spacial score (nSPS) is 12.0. The van der Waals surface area contributed by atoms with Gasteiger partial charge in [-0.25, -0.2) is 4.98 Å². The number of ether oxygens (including phenoxy) is 2. The standard InChI is InChI=1S/C15H21N3O2S/c1-5-16-10(2)12-9-21-15(18-12)17-11-6-7-13(19-3)14(8-11)20-4/h6-10,16H,5H2,1-4H3,(H,17,18). The van der Waals surface area contributed by atoms with Crippen molar-refractivity contribution < 1.29 is 9.47 Å². The summed E-state index contributed by atoms with van der Waals surface area (Å²) in [6, 6.07) is 5.97. The van der Waals surface area contributed by atoms with Crippen LogP contribution in [0.2, 0.25) is 0 Å². The Labute approximate surface area is 129 Å². The van der Waals surface area contributed by atoms with Crippen molar-refractivity contribution in [2.75, 3.05) is 26.1 Å². The molecule has 0 saturated heterocycles. The third-order valence-electron chi connectivity index (χ3n) is 3.11. The highest BCUT2D eigenvalue weighted by Crippen LogP contribution is 2.32. The van der Waals surface area contributed by atoms with Crippen LogP contribution in [0.1, 0.15) is 25.6 Å². The maximum Gasteiger partial charge on any atom is 0.187 e. The molecule has 2 aromatic rings. The monoisotopic (exact) mass is 307 g/mol. The van der Waals surface area contributed by atoms with Crippen molar-refractivity contribution in [1.29, 1.82) is 0 Å². The van der Waals surface area contributed by atoms with Crippen LogP contribution in [0.3, 0.4) is 0 Å². The van der Waals surface area contributed by atoms with E-state index in [9.17, 15) is 0 Å².